The van der Waals surface area contributed by atoms with E-state index in [2.05, 4.69) is 94.8 Å². The van der Waals surface area contributed by atoms with E-state index in [0.29, 0.717) is 5.92 Å². The molecule has 0 amide bonds. The Labute approximate surface area is 175 Å². The largest absolute Gasteiger partial charge is 0.238 e. The Morgan fingerprint density at radius 3 is 2.24 bits per heavy atom. The molecule has 1 aliphatic carbocycles. The number of aromatic nitrogens is 3. The number of fused-ring (bicyclic) bond motifs is 5. The number of hydrogen-bond donors (Lipinski definition) is 0. The molecule has 1 unspecified atom stereocenters. The normalized spacial score (nSPS) is 16.4. The maximum Gasteiger partial charge on any atom is 0.121 e. The summed E-state index contributed by atoms with van der Waals surface area (Å²) in [6.07, 6.45) is 3.16. The van der Waals surface area contributed by atoms with E-state index < -0.39 is 0 Å². The molecule has 1 heterocycles. The van der Waals surface area contributed by atoms with Crippen molar-refractivity contribution in [2.24, 2.45) is 5.41 Å². The molecular formula is C26H33N3. The second kappa shape index (κ2) is 7.12. The van der Waals surface area contributed by atoms with Crippen LogP contribution in [0.25, 0.3) is 22.5 Å². The second-order valence-electron chi connectivity index (χ2n) is 9.71. The molecule has 0 aliphatic heterocycles. The van der Waals surface area contributed by atoms with Gasteiger partial charge in [0, 0.05) is 11.1 Å². The van der Waals surface area contributed by atoms with Crippen LogP contribution in [0.5, 0.6) is 0 Å². The van der Waals surface area contributed by atoms with Gasteiger partial charge in [-0.25, -0.2) is 4.68 Å². The summed E-state index contributed by atoms with van der Waals surface area (Å²) in [6, 6.07) is 17.7. The van der Waals surface area contributed by atoms with Crippen molar-refractivity contribution >= 4 is 0 Å². The molecule has 1 atom stereocenters. The van der Waals surface area contributed by atoms with Gasteiger partial charge in [-0.3, -0.25) is 0 Å². The van der Waals surface area contributed by atoms with Gasteiger partial charge in [-0.15, -0.1) is 5.10 Å². The van der Waals surface area contributed by atoms with Crippen LogP contribution in [0.1, 0.15) is 71.4 Å². The smallest absolute Gasteiger partial charge is 0.121 e. The lowest BCUT2D eigenvalue weighted by Gasteiger charge is -2.37. The minimum absolute atomic E-state index is 0.0996. The van der Waals surface area contributed by atoms with E-state index in [1.807, 2.05) is 0 Å². The molecule has 3 nitrogen and oxygen atoms in total. The molecule has 0 saturated heterocycles. The second-order valence-corrected chi connectivity index (χ2v) is 9.71. The van der Waals surface area contributed by atoms with Crippen molar-refractivity contribution < 1.29 is 0 Å². The van der Waals surface area contributed by atoms with Crippen LogP contribution in [0.15, 0.2) is 48.5 Å². The zero-order chi connectivity index (χ0) is 20.8. The van der Waals surface area contributed by atoms with Crippen LogP contribution < -0.4 is 0 Å². The highest BCUT2D eigenvalue weighted by Crippen LogP contribution is 2.49. The van der Waals surface area contributed by atoms with Crippen molar-refractivity contribution in [1.29, 1.82) is 0 Å². The average molecular weight is 388 g/mol. The van der Waals surface area contributed by atoms with Gasteiger partial charge in [0.25, 0.3) is 0 Å². The topological polar surface area (TPSA) is 30.7 Å². The molecule has 0 saturated carbocycles. The quantitative estimate of drug-likeness (QED) is 0.491. The zero-order valence-corrected chi connectivity index (χ0v) is 18.7. The molecule has 0 spiro atoms. The Hall–Kier alpha value is -2.42. The van der Waals surface area contributed by atoms with E-state index in [1.54, 1.807) is 0 Å². The molecule has 1 aliphatic rings. The third-order valence-corrected chi connectivity index (χ3v) is 7.25. The summed E-state index contributed by atoms with van der Waals surface area (Å²) < 4.78 is 2.17. The van der Waals surface area contributed by atoms with Gasteiger partial charge in [-0.1, -0.05) is 87.9 Å². The van der Waals surface area contributed by atoms with Gasteiger partial charge in [-0.05, 0) is 49.1 Å². The summed E-state index contributed by atoms with van der Waals surface area (Å²) in [7, 11) is 0. The van der Waals surface area contributed by atoms with E-state index in [4.69, 9.17) is 10.3 Å². The lowest BCUT2D eigenvalue weighted by atomic mass is 9.68. The zero-order valence-electron chi connectivity index (χ0n) is 18.7. The van der Waals surface area contributed by atoms with E-state index in [9.17, 15) is 0 Å². The van der Waals surface area contributed by atoms with Crippen LogP contribution in [0.4, 0.5) is 0 Å². The SMILES string of the molecule is CCC(C)(C)C1Cc2ccccc2-c2nnn(C(C)(C)CC)c2-c2ccccc21. The van der Waals surface area contributed by atoms with Crippen LogP contribution >= 0.6 is 0 Å². The van der Waals surface area contributed by atoms with Crippen molar-refractivity contribution in [3.05, 3.63) is 59.7 Å². The number of rotatable bonds is 4. The fraction of sp³-hybridized carbons (Fsp3) is 0.462. The molecule has 3 heteroatoms. The minimum atomic E-state index is -0.0996. The van der Waals surface area contributed by atoms with Crippen molar-refractivity contribution in [2.75, 3.05) is 0 Å². The first-order chi connectivity index (χ1) is 13.8. The van der Waals surface area contributed by atoms with Gasteiger partial charge in [-0.2, -0.15) is 0 Å². The standard InChI is InChI=1S/C26H33N3/c1-7-25(3,4)22-17-18-13-9-10-14-19(18)23-24(21-16-12-11-15-20(21)22)29(28-27-23)26(5,6)8-2/h9-16,22H,7-8,17H2,1-6H3. The van der Waals surface area contributed by atoms with Crippen LogP contribution in [0.3, 0.4) is 0 Å². The third kappa shape index (κ3) is 3.21. The van der Waals surface area contributed by atoms with Gasteiger partial charge >= 0.3 is 0 Å². The Bertz CT molecular complexity index is 1030. The highest BCUT2D eigenvalue weighted by Gasteiger charge is 2.36. The number of benzene rings is 2. The Kier molecular flexibility index (Phi) is 4.88. The molecule has 0 N–H and O–H groups in total. The summed E-state index contributed by atoms with van der Waals surface area (Å²) in [6.45, 7) is 13.9. The fourth-order valence-electron chi connectivity index (χ4n) is 4.50. The predicted octanol–water partition coefficient (Wildman–Crippen LogP) is 6.83. The maximum atomic E-state index is 4.73. The van der Waals surface area contributed by atoms with E-state index >= 15 is 0 Å². The fourth-order valence-corrected chi connectivity index (χ4v) is 4.50. The highest BCUT2D eigenvalue weighted by atomic mass is 15.5. The van der Waals surface area contributed by atoms with Crippen molar-refractivity contribution in [2.45, 2.75) is 72.3 Å². The van der Waals surface area contributed by atoms with Crippen LogP contribution in [0, 0.1) is 5.41 Å². The van der Waals surface area contributed by atoms with Crippen LogP contribution in [-0.4, -0.2) is 15.0 Å². The molecular weight excluding hydrogens is 354 g/mol. The predicted molar refractivity (Wildman–Crippen MR) is 121 cm³/mol. The Morgan fingerprint density at radius 1 is 0.897 bits per heavy atom. The summed E-state index contributed by atoms with van der Waals surface area (Å²) in [4.78, 5) is 0. The van der Waals surface area contributed by atoms with Crippen molar-refractivity contribution in [1.82, 2.24) is 15.0 Å². The first-order valence-corrected chi connectivity index (χ1v) is 10.9. The summed E-state index contributed by atoms with van der Waals surface area (Å²) in [5.74, 6) is 0.436. The Morgan fingerprint density at radius 2 is 1.55 bits per heavy atom. The first-order valence-electron chi connectivity index (χ1n) is 10.9. The molecule has 0 radical (unpaired) electrons. The van der Waals surface area contributed by atoms with Crippen LogP contribution in [0.2, 0.25) is 0 Å². The molecule has 152 valence electrons. The molecule has 0 bridgehead atoms. The molecule has 0 fully saturated rings. The lowest BCUT2D eigenvalue weighted by molar-refractivity contribution is 0.271. The third-order valence-electron chi connectivity index (χ3n) is 7.25. The molecule has 4 rings (SSSR count). The highest BCUT2D eigenvalue weighted by molar-refractivity contribution is 5.83. The van der Waals surface area contributed by atoms with Crippen molar-refractivity contribution in [3.63, 3.8) is 0 Å². The van der Waals surface area contributed by atoms with E-state index in [0.717, 1.165) is 30.7 Å². The van der Waals surface area contributed by atoms with Gasteiger partial charge in [0.15, 0.2) is 0 Å². The van der Waals surface area contributed by atoms with Crippen molar-refractivity contribution in [3.8, 4) is 22.5 Å². The maximum absolute atomic E-state index is 4.73. The van der Waals surface area contributed by atoms with E-state index in [-0.39, 0.29) is 11.0 Å². The van der Waals surface area contributed by atoms with E-state index in [1.165, 1.54) is 22.3 Å². The first kappa shape index (κ1) is 19.9. The van der Waals surface area contributed by atoms with Gasteiger partial charge in [0.2, 0.25) is 0 Å². The molecule has 2 aromatic carbocycles. The average Bonchev–Trinajstić information content (AvgIpc) is 3.16. The summed E-state index contributed by atoms with van der Waals surface area (Å²) in [5.41, 5.74) is 7.58. The number of nitrogens with zero attached hydrogens (tertiary/aromatic N) is 3. The van der Waals surface area contributed by atoms with Crippen LogP contribution in [-0.2, 0) is 12.0 Å². The summed E-state index contributed by atoms with van der Waals surface area (Å²) >= 11 is 0. The minimum Gasteiger partial charge on any atom is -0.238 e. The van der Waals surface area contributed by atoms with Gasteiger partial charge in [0.1, 0.15) is 5.69 Å². The molecule has 3 aromatic rings. The van der Waals surface area contributed by atoms with Gasteiger partial charge < -0.3 is 0 Å². The lowest BCUT2D eigenvalue weighted by Crippen LogP contribution is -2.29. The Balaban J connectivity index is 2.10. The molecule has 1 aromatic heterocycles. The monoisotopic (exact) mass is 387 g/mol. The summed E-state index contributed by atoms with van der Waals surface area (Å²) in [5, 5.41) is 9.43. The number of hydrogen-bond acceptors (Lipinski definition) is 2. The van der Waals surface area contributed by atoms with Gasteiger partial charge in [0.05, 0.1) is 11.2 Å². The molecule has 29 heavy (non-hydrogen) atoms.